The highest BCUT2D eigenvalue weighted by Crippen LogP contribution is 2.32. The minimum absolute atomic E-state index is 0.101. The van der Waals surface area contributed by atoms with Crippen molar-refractivity contribution in [2.24, 2.45) is 5.73 Å². The van der Waals surface area contributed by atoms with Gasteiger partial charge in [0, 0.05) is 18.7 Å². The number of nitriles is 1. The van der Waals surface area contributed by atoms with Gasteiger partial charge in [-0.3, -0.25) is 9.59 Å². The Morgan fingerprint density at radius 1 is 1.16 bits per heavy atom. The number of likely N-dealkylation sites (tertiary alicyclic amines) is 1. The van der Waals surface area contributed by atoms with Crippen molar-refractivity contribution in [3.8, 4) is 23.0 Å². The Labute approximate surface area is 184 Å². The van der Waals surface area contributed by atoms with E-state index in [9.17, 15) is 14.9 Å². The maximum absolute atomic E-state index is 12.8. The summed E-state index contributed by atoms with van der Waals surface area (Å²) >= 11 is 6.50. The van der Waals surface area contributed by atoms with E-state index >= 15 is 0 Å². The van der Waals surface area contributed by atoms with E-state index in [4.69, 9.17) is 17.3 Å². The van der Waals surface area contributed by atoms with Gasteiger partial charge >= 0.3 is 0 Å². The molecule has 1 aliphatic heterocycles. The highest BCUT2D eigenvalue weighted by atomic mass is 35.5. The van der Waals surface area contributed by atoms with Crippen LogP contribution in [-0.4, -0.2) is 39.6 Å². The van der Waals surface area contributed by atoms with Crippen molar-refractivity contribution >= 4 is 23.4 Å². The van der Waals surface area contributed by atoms with E-state index in [0.29, 0.717) is 38.8 Å². The molecule has 8 heteroatoms. The number of nitrogens with zero attached hydrogens (tertiary/aromatic N) is 4. The quantitative estimate of drug-likeness (QED) is 0.676. The van der Waals surface area contributed by atoms with Crippen LogP contribution in [0.1, 0.15) is 44.8 Å². The third kappa shape index (κ3) is 3.78. The average molecular weight is 434 g/mol. The van der Waals surface area contributed by atoms with Gasteiger partial charge in [-0.25, -0.2) is 4.68 Å². The van der Waals surface area contributed by atoms with Gasteiger partial charge in [0.25, 0.3) is 11.8 Å². The summed E-state index contributed by atoms with van der Waals surface area (Å²) in [6.45, 7) is 3.15. The third-order valence-electron chi connectivity index (χ3n) is 5.39. The Bertz CT molecular complexity index is 1240. The molecular formula is C23H20ClN5O2. The lowest BCUT2D eigenvalue weighted by atomic mass is 10.0. The summed E-state index contributed by atoms with van der Waals surface area (Å²) in [5.74, 6) is -0.723. The monoisotopic (exact) mass is 433 g/mol. The summed E-state index contributed by atoms with van der Waals surface area (Å²) in [4.78, 5) is 26.8. The summed E-state index contributed by atoms with van der Waals surface area (Å²) in [5, 5.41) is 14.0. The summed E-state index contributed by atoms with van der Waals surface area (Å²) in [5.41, 5.74) is 8.92. The lowest BCUT2D eigenvalue weighted by Crippen LogP contribution is -2.27. The number of nitrogens with two attached hydrogens (primary N) is 1. The number of aromatic nitrogens is 2. The van der Waals surface area contributed by atoms with E-state index in [0.717, 1.165) is 25.9 Å². The molecule has 4 rings (SSSR count). The van der Waals surface area contributed by atoms with Crippen LogP contribution in [0.4, 0.5) is 0 Å². The molecule has 2 heterocycles. The van der Waals surface area contributed by atoms with Crippen LogP contribution >= 0.6 is 11.6 Å². The second kappa shape index (κ2) is 8.25. The van der Waals surface area contributed by atoms with Crippen LogP contribution in [-0.2, 0) is 0 Å². The number of halogens is 1. The van der Waals surface area contributed by atoms with Gasteiger partial charge in [0.1, 0.15) is 0 Å². The molecule has 0 radical (unpaired) electrons. The van der Waals surface area contributed by atoms with Crippen molar-refractivity contribution in [3.63, 3.8) is 0 Å². The molecule has 3 aromatic rings. The molecule has 2 N–H and O–H groups in total. The number of rotatable bonds is 4. The third-order valence-corrected chi connectivity index (χ3v) is 5.71. The summed E-state index contributed by atoms with van der Waals surface area (Å²) in [6.07, 6.45) is 1.98. The fourth-order valence-corrected chi connectivity index (χ4v) is 4.17. The highest BCUT2D eigenvalue weighted by molar-refractivity contribution is 6.34. The van der Waals surface area contributed by atoms with Gasteiger partial charge in [-0.15, -0.1) is 0 Å². The standard InChI is InChI=1S/C23H20ClN5O2/c1-14-20(22(26)30)21(29(27-14)17-6-4-5-15(11-17)13-25)16-7-8-18(19(24)12-16)23(31)28-9-2-3-10-28/h4-8,11-12H,2-3,9-10H2,1H3,(H2,26,30). The largest absolute Gasteiger partial charge is 0.365 e. The molecule has 0 spiro atoms. The molecule has 0 atom stereocenters. The molecule has 0 unspecified atom stereocenters. The average Bonchev–Trinajstić information content (AvgIpc) is 3.41. The van der Waals surface area contributed by atoms with Crippen LogP contribution in [0, 0.1) is 18.3 Å². The molecule has 1 aliphatic rings. The Morgan fingerprint density at radius 3 is 2.55 bits per heavy atom. The predicted molar refractivity (Wildman–Crippen MR) is 117 cm³/mol. The van der Waals surface area contributed by atoms with E-state index in [2.05, 4.69) is 11.2 Å². The van der Waals surface area contributed by atoms with E-state index in [1.54, 1.807) is 59.0 Å². The van der Waals surface area contributed by atoms with Crippen LogP contribution in [0.2, 0.25) is 5.02 Å². The van der Waals surface area contributed by atoms with E-state index in [-0.39, 0.29) is 11.5 Å². The maximum Gasteiger partial charge on any atom is 0.255 e. The fraction of sp³-hybridized carbons (Fsp3) is 0.217. The number of primary amides is 1. The van der Waals surface area contributed by atoms with Gasteiger partial charge in [-0.05, 0) is 50.1 Å². The maximum atomic E-state index is 12.8. The van der Waals surface area contributed by atoms with Crippen LogP contribution in [0.5, 0.6) is 0 Å². The Kier molecular flexibility index (Phi) is 5.49. The van der Waals surface area contributed by atoms with Crippen LogP contribution in [0.3, 0.4) is 0 Å². The molecule has 2 amide bonds. The first kappa shape index (κ1) is 20.6. The second-order valence-electron chi connectivity index (χ2n) is 7.44. The number of hydrogen-bond acceptors (Lipinski definition) is 4. The zero-order valence-electron chi connectivity index (χ0n) is 16.9. The zero-order chi connectivity index (χ0) is 22.1. The number of amides is 2. The second-order valence-corrected chi connectivity index (χ2v) is 7.85. The normalized spacial score (nSPS) is 13.3. The number of carbonyl (C=O) groups is 2. The lowest BCUT2D eigenvalue weighted by Gasteiger charge is -2.17. The number of benzene rings is 2. The van der Waals surface area contributed by atoms with Gasteiger partial charge in [0.15, 0.2) is 0 Å². The molecule has 0 aliphatic carbocycles. The van der Waals surface area contributed by atoms with Gasteiger partial charge < -0.3 is 10.6 Å². The van der Waals surface area contributed by atoms with Gasteiger partial charge in [0.05, 0.1) is 44.9 Å². The van der Waals surface area contributed by atoms with Crippen molar-refractivity contribution in [2.75, 3.05) is 13.1 Å². The van der Waals surface area contributed by atoms with Crippen molar-refractivity contribution in [1.29, 1.82) is 5.26 Å². The summed E-state index contributed by atoms with van der Waals surface area (Å²) in [6, 6.07) is 14.0. The molecule has 156 valence electrons. The van der Waals surface area contributed by atoms with Crippen LogP contribution < -0.4 is 5.73 Å². The van der Waals surface area contributed by atoms with Gasteiger partial charge in [-0.1, -0.05) is 23.7 Å². The minimum Gasteiger partial charge on any atom is -0.365 e. The fourth-order valence-electron chi connectivity index (χ4n) is 3.91. The molecule has 1 saturated heterocycles. The first-order valence-electron chi connectivity index (χ1n) is 9.90. The Morgan fingerprint density at radius 2 is 1.90 bits per heavy atom. The molecule has 0 saturated carbocycles. The lowest BCUT2D eigenvalue weighted by molar-refractivity contribution is 0.0792. The highest BCUT2D eigenvalue weighted by Gasteiger charge is 2.25. The van der Waals surface area contributed by atoms with Gasteiger partial charge in [0.2, 0.25) is 0 Å². The molecule has 1 fully saturated rings. The van der Waals surface area contributed by atoms with Crippen molar-refractivity contribution in [1.82, 2.24) is 14.7 Å². The van der Waals surface area contributed by atoms with E-state index < -0.39 is 5.91 Å². The molecule has 31 heavy (non-hydrogen) atoms. The van der Waals surface area contributed by atoms with Crippen molar-refractivity contribution in [2.45, 2.75) is 19.8 Å². The smallest absolute Gasteiger partial charge is 0.255 e. The summed E-state index contributed by atoms with van der Waals surface area (Å²) in [7, 11) is 0. The minimum atomic E-state index is -0.622. The predicted octanol–water partition coefficient (Wildman–Crippen LogP) is 3.71. The van der Waals surface area contributed by atoms with Crippen LogP contribution in [0.25, 0.3) is 16.9 Å². The van der Waals surface area contributed by atoms with Crippen molar-refractivity contribution < 1.29 is 9.59 Å². The van der Waals surface area contributed by atoms with E-state index in [1.165, 1.54) is 0 Å². The topological polar surface area (TPSA) is 105 Å². The SMILES string of the molecule is Cc1nn(-c2cccc(C#N)c2)c(-c2ccc(C(=O)N3CCCC3)c(Cl)c2)c1C(N)=O. The van der Waals surface area contributed by atoms with Crippen LogP contribution in [0.15, 0.2) is 42.5 Å². The number of carbonyl (C=O) groups excluding carboxylic acids is 2. The van der Waals surface area contributed by atoms with Gasteiger partial charge in [-0.2, -0.15) is 10.4 Å². The number of hydrogen-bond donors (Lipinski definition) is 1. The summed E-state index contributed by atoms with van der Waals surface area (Å²) < 4.78 is 1.57. The molecular weight excluding hydrogens is 414 g/mol. The Hall–Kier alpha value is -3.63. The molecule has 1 aromatic heterocycles. The number of aryl methyl sites for hydroxylation is 1. The molecule has 0 bridgehead atoms. The Balaban J connectivity index is 1.85. The first-order chi connectivity index (χ1) is 14.9. The van der Waals surface area contributed by atoms with E-state index in [1.807, 2.05) is 0 Å². The molecule has 7 nitrogen and oxygen atoms in total. The zero-order valence-corrected chi connectivity index (χ0v) is 17.7. The van der Waals surface area contributed by atoms with Crippen molar-refractivity contribution in [3.05, 3.63) is 69.9 Å². The molecule has 2 aromatic carbocycles. The first-order valence-corrected chi connectivity index (χ1v) is 10.3.